The van der Waals surface area contributed by atoms with Crippen molar-refractivity contribution in [2.45, 2.75) is 32.2 Å². The Morgan fingerprint density at radius 1 is 1.42 bits per heavy atom. The smallest absolute Gasteiger partial charge is 0.258 e. The molecule has 1 aliphatic heterocycles. The topological polar surface area (TPSA) is 50.4 Å². The molecule has 1 heterocycles. The van der Waals surface area contributed by atoms with Gasteiger partial charge in [0.25, 0.3) is 5.91 Å². The monoisotopic (exact) mass is 262 g/mol. The van der Waals surface area contributed by atoms with Crippen molar-refractivity contribution < 1.29 is 9.53 Å². The molecule has 2 rings (SSSR count). The first-order valence-corrected chi connectivity index (χ1v) is 6.88. The maximum absolute atomic E-state index is 11.7. The molecule has 0 aromatic heterocycles. The van der Waals surface area contributed by atoms with Gasteiger partial charge >= 0.3 is 0 Å². The van der Waals surface area contributed by atoms with E-state index in [1.807, 2.05) is 24.3 Å². The van der Waals surface area contributed by atoms with Crippen LogP contribution in [0.2, 0.25) is 0 Å². The van der Waals surface area contributed by atoms with Crippen LogP contribution in [-0.2, 0) is 4.79 Å². The Labute approximate surface area is 114 Å². The maximum Gasteiger partial charge on any atom is 0.258 e. The Bertz CT molecular complexity index is 409. The fraction of sp³-hybridized carbons (Fsp3) is 0.533. The minimum Gasteiger partial charge on any atom is -0.484 e. The summed E-state index contributed by atoms with van der Waals surface area (Å²) in [5.41, 5.74) is 1.27. The number of hydrogen-bond donors (Lipinski definition) is 2. The molecular weight excluding hydrogens is 240 g/mol. The minimum atomic E-state index is -0.0540. The number of hydrogen-bond acceptors (Lipinski definition) is 3. The highest BCUT2D eigenvalue weighted by atomic mass is 16.5. The number of rotatable bonds is 5. The lowest BCUT2D eigenvalue weighted by atomic mass is 10.0. The largest absolute Gasteiger partial charge is 0.484 e. The molecular formula is C15H22N2O2. The fourth-order valence-electron chi connectivity index (χ4n) is 2.15. The second kappa shape index (κ2) is 6.57. The highest BCUT2D eigenvalue weighted by Gasteiger charge is 2.16. The summed E-state index contributed by atoms with van der Waals surface area (Å²) in [7, 11) is 0. The van der Waals surface area contributed by atoms with Crippen LogP contribution >= 0.6 is 0 Å². The molecule has 19 heavy (non-hydrogen) atoms. The Morgan fingerprint density at radius 2 is 2.16 bits per heavy atom. The average Bonchev–Trinajstić information content (AvgIpc) is 2.89. The van der Waals surface area contributed by atoms with Gasteiger partial charge in [0, 0.05) is 12.6 Å². The third kappa shape index (κ3) is 4.24. The van der Waals surface area contributed by atoms with Gasteiger partial charge < -0.3 is 15.4 Å². The number of nitrogens with one attached hydrogen (secondary N) is 2. The molecule has 1 amide bonds. The summed E-state index contributed by atoms with van der Waals surface area (Å²) in [6.07, 6.45) is 0.995. The molecule has 2 N–H and O–H groups in total. The third-order valence-corrected chi connectivity index (χ3v) is 3.34. The summed E-state index contributed by atoms with van der Waals surface area (Å²) < 4.78 is 5.48. The van der Waals surface area contributed by atoms with Gasteiger partial charge in [-0.15, -0.1) is 0 Å². The molecule has 1 aliphatic rings. The van der Waals surface area contributed by atoms with Crippen molar-refractivity contribution in [3.05, 3.63) is 29.8 Å². The van der Waals surface area contributed by atoms with Crippen LogP contribution in [0.5, 0.6) is 5.75 Å². The van der Waals surface area contributed by atoms with Crippen LogP contribution in [0.15, 0.2) is 24.3 Å². The van der Waals surface area contributed by atoms with E-state index in [1.54, 1.807) is 0 Å². The highest BCUT2D eigenvalue weighted by Crippen LogP contribution is 2.18. The van der Waals surface area contributed by atoms with Gasteiger partial charge in [-0.05, 0) is 36.6 Å². The summed E-state index contributed by atoms with van der Waals surface area (Å²) in [4.78, 5) is 11.7. The molecule has 0 aliphatic carbocycles. The van der Waals surface area contributed by atoms with E-state index in [2.05, 4.69) is 24.5 Å². The first kappa shape index (κ1) is 13.9. The Morgan fingerprint density at radius 3 is 2.74 bits per heavy atom. The Kier molecular flexibility index (Phi) is 4.80. The molecule has 1 unspecified atom stereocenters. The van der Waals surface area contributed by atoms with Crippen molar-refractivity contribution in [2.24, 2.45) is 0 Å². The van der Waals surface area contributed by atoms with Crippen molar-refractivity contribution in [2.75, 3.05) is 19.7 Å². The van der Waals surface area contributed by atoms with Gasteiger partial charge in [0.15, 0.2) is 6.61 Å². The summed E-state index contributed by atoms with van der Waals surface area (Å²) >= 11 is 0. The molecule has 1 saturated heterocycles. The molecule has 104 valence electrons. The van der Waals surface area contributed by atoms with E-state index in [-0.39, 0.29) is 18.6 Å². The second-order valence-electron chi connectivity index (χ2n) is 5.27. The van der Waals surface area contributed by atoms with Crippen LogP contribution in [-0.4, -0.2) is 31.6 Å². The maximum atomic E-state index is 11.7. The van der Waals surface area contributed by atoms with Crippen molar-refractivity contribution in [1.29, 1.82) is 0 Å². The summed E-state index contributed by atoms with van der Waals surface area (Å²) in [6, 6.07) is 8.16. The van der Waals surface area contributed by atoms with Gasteiger partial charge in [0.2, 0.25) is 0 Å². The van der Waals surface area contributed by atoms with Crippen molar-refractivity contribution >= 4 is 5.91 Å². The molecule has 4 nitrogen and oxygen atoms in total. The molecule has 0 radical (unpaired) electrons. The lowest BCUT2D eigenvalue weighted by Gasteiger charge is -2.12. The number of benzene rings is 1. The molecule has 1 aromatic carbocycles. The first-order valence-electron chi connectivity index (χ1n) is 6.88. The van der Waals surface area contributed by atoms with Gasteiger partial charge in [-0.25, -0.2) is 0 Å². The summed E-state index contributed by atoms with van der Waals surface area (Å²) in [5, 5.41) is 6.16. The normalized spacial score (nSPS) is 18.6. The molecule has 1 aromatic rings. The zero-order chi connectivity index (χ0) is 13.7. The zero-order valence-corrected chi connectivity index (χ0v) is 11.6. The van der Waals surface area contributed by atoms with Crippen LogP contribution in [0.3, 0.4) is 0 Å². The Hall–Kier alpha value is -1.55. The van der Waals surface area contributed by atoms with E-state index in [4.69, 9.17) is 4.74 Å². The molecule has 0 bridgehead atoms. The molecule has 4 heteroatoms. The zero-order valence-electron chi connectivity index (χ0n) is 11.6. The van der Waals surface area contributed by atoms with Crippen LogP contribution in [0.4, 0.5) is 0 Å². The highest BCUT2D eigenvalue weighted by molar-refractivity contribution is 5.77. The predicted molar refractivity (Wildman–Crippen MR) is 75.4 cm³/mol. The Balaban J connectivity index is 1.76. The second-order valence-corrected chi connectivity index (χ2v) is 5.27. The van der Waals surface area contributed by atoms with Crippen LogP contribution in [0, 0.1) is 0 Å². The SMILES string of the molecule is CC(C)c1ccc(OCC(=O)NC2CCNC2)cc1. The van der Waals surface area contributed by atoms with Crippen molar-refractivity contribution in [1.82, 2.24) is 10.6 Å². The fourth-order valence-corrected chi connectivity index (χ4v) is 2.15. The average molecular weight is 262 g/mol. The lowest BCUT2D eigenvalue weighted by molar-refractivity contribution is -0.123. The van der Waals surface area contributed by atoms with Gasteiger partial charge in [-0.3, -0.25) is 4.79 Å². The molecule has 1 fully saturated rings. The van der Waals surface area contributed by atoms with E-state index < -0.39 is 0 Å². The van der Waals surface area contributed by atoms with Crippen molar-refractivity contribution in [3.8, 4) is 5.75 Å². The number of carbonyl (C=O) groups is 1. The van der Waals surface area contributed by atoms with Gasteiger partial charge in [-0.1, -0.05) is 26.0 Å². The van der Waals surface area contributed by atoms with E-state index in [0.29, 0.717) is 5.92 Å². The van der Waals surface area contributed by atoms with E-state index in [9.17, 15) is 4.79 Å². The minimum absolute atomic E-state index is 0.0540. The first-order chi connectivity index (χ1) is 9.15. The third-order valence-electron chi connectivity index (χ3n) is 3.34. The van der Waals surface area contributed by atoms with E-state index in [0.717, 1.165) is 25.3 Å². The predicted octanol–water partition coefficient (Wildman–Crippen LogP) is 1.67. The number of amides is 1. The van der Waals surface area contributed by atoms with E-state index >= 15 is 0 Å². The number of carbonyl (C=O) groups excluding carboxylic acids is 1. The summed E-state index contributed by atoms with van der Waals surface area (Å²) in [5.74, 6) is 1.19. The van der Waals surface area contributed by atoms with Gasteiger partial charge in [0.1, 0.15) is 5.75 Å². The molecule has 1 atom stereocenters. The van der Waals surface area contributed by atoms with E-state index in [1.165, 1.54) is 5.56 Å². The van der Waals surface area contributed by atoms with Crippen LogP contribution in [0.25, 0.3) is 0 Å². The quantitative estimate of drug-likeness (QED) is 0.848. The van der Waals surface area contributed by atoms with Gasteiger partial charge in [-0.2, -0.15) is 0 Å². The summed E-state index contributed by atoms with van der Waals surface area (Å²) in [6.45, 7) is 6.21. The van der Waals surface area contributed by atoms with Crippen LogP contribution in [0.1, 0.15) is 31.7 Å². The molecule has 0 spiro atoms. The van der Waals surface area contributed by atoms with Crippen LogP contribution < -0.4 is 15.4 Å². The number of ether oxygens (including phenoxy) is 1. The standard InChI is InChI=1S/C15H22N2O2/c1-11(2)12-3-5-14(6-4-12)19-10-15(18)17-13-7-8-16-9-13/h3-6,11,13,16H,7-10H2,1-2H3,(H,17,18). The van der Waals surface area contributed by atoms with Gasteiger partial charge in [0.05, 0.1) is 0 Å². The lowest BCUT2D eigenvalue weighted by Crippen LogP contribution is -2.39. The van der Waals surface area contributed by atoms with Crippen molar-refractivity contribution in [3.63, 3.8) is 0 Å². The molecule has 0 saturated carbocycles.